The van der Waals surface area contributed by atoms with Gasteiger partial charge in [0.25, 0.3) is 0 Å². The topological polar surface area (TPSA) is 12.0 Å². The molecule has 0 amide bonds. The van der Waals surface area contributed by atoms with Crippen molar-refractivity contribution in [2.45, 2.75) is 24.9 Å². The highest BCUT2D eigenvalue weighted by Gasteiger charge is 2.37. The van der Waals surface area contributed by atoms with E-state index in [9.17, 15) is 4.39 Å². The molecule has 0 aliphatic carbocycles. The van der Waals surface area contributed by atoms with Crippen LogP contribution in [0.15, 0.2) is 28.7 Å². The number of rotatable bonds is 1. The Labute approximate surface area is 98.2 Å². The quantitative estimate of drug-likeness (QED) is 0.827. The van der Waals surface area contributed by atoms with Gasteiger partial charge in [0.2, 0.25) is 0 Å². The second-order valence-electron chi connectivity index (χ2n) is 4.34. The molecule has 2 atom stereocenters. The summed E-state index contributed by atoms with van der Waals surface area (Å²) in [6.07, 6.45) is 0.591. The van der Waals surface area contributed by atoms with Crippen molar-refractivity contribution in [3.8, 4) is 0 Å². The maximum Gasteiger partial charge on any atom is 0.117 e. The first kappa shape index (κ1) is 11.1. The highest BCUT2D eigenvalue weighted by molar-refractivity contribution is 9.10. The summed E-state index contributed by atoms with van der Waals surface area (Å²) in [4.78, 5) is 0. The summed E-state index contributed by atoms with van der Waals surface area (Å²) < 4.78 is 15.3. The molecular formula is C12H15BrFN. The summed E-state index contributed by atoms with van der Waals surface area (Å²) in [6.45, 7) is 3.22. The number of hydrogen-bond acceptors (Lipinski definition) is 1. The van der Waals surface area contributed by atoms with E-state index in [0.717, 1.165) is 23.1 Å². The van der Waals surface area contributed by atoms with Gasteiger partial charge in [-0.2, -0.15) is 0 Å². The van der Waals surface area contributed by atoms with Crippen LogP contribution in [0.25, 0.3) is 0 Å². The van der Waals surface area contributed by atoms with E-state index >= 15 is 0 Å². The van der Waals surface area contributed by atoms with E-state index in [2.05, 4.69) is 21.2 Å². The maximum atomic E-state index is 14.3. The molecule has 1 N–H and O–H groups in total. The van der Waals surface area contributed by atoms with E-state index in [1.54, 1.807) is 6.92 Å². The van der Waals surface area contributed by atoms with Crippen molar-refractivity contribution in [1.29, 1.82) is 0 Å². The standard InChI is InChI=1S/C12H15BrFN/c1-12(14)6-7-15-8-11(12)9-2-4-10(13)5-3-9/h2-5,11,15H,6-8H2,1H3. The zero-order valence-corrected chi connectivity index (χ0v) is 10.3. The Morgan fingerprint density at radius 3 is 2.67 bits per heavy atom. The Hall–Kier alpha value is -0.410. The van der Waals surface area contributed by atoms with Crippen molar-refractivity contribution in [2.75, 3.05) is 13.1 Å². The van der Waals surface area contributed by atoms with Gasteiger partial charge < -0.3 is 5.32 Å². The van der Waals surface area contributed by atoms with E-state index in [0.29, 0.717) is 6.42 Å². The minimum Gasteiger partial charge on any atom is -0.316 e. The molecule has 1 aliphatic rings. The second kappa shape index (κ2) is 4.22. The van der Waals surface area contributed by atoms with E-state index in [4.69, 9.17) is 0 Å². The Bertz CT molecular complexity index is 334. The average molecular weight is 272 g/mol. The molecule has 1 aromatic carbocycles. The summed E-state index contributed by atoms with van der Waals surface area (Å²) in [7, 11) is 0. The van der Waals surface area contributed by atoms with Crippen LogP contribution in [0.5, 0.6) is 0 Å². The Morgan fingerprint density at radius 2 is 2.07 bits per heavy atom. The fourth-order valence-electron chi connectivity index (χ4n) is 2.13. The van der Waals surface area contributed by atoms with Crippen LogP contribution >= 0.6 is 15.9 Å². The molecule has 1 fully saturated rings. The molecule has 0 bridgehead atoms. The van der Waals surface area contributed by atoms with Crippen LogP contribution in [-0.4, -0.2) is 18.8 Å². The van der Waals surface area contributed by atoms with Crippen LogP contribution in [0.4, 0.5) is 4.39 Å². The van der Waals surface area contributed by atoms with Crippen LogP contribution < -0.4 is 5.32 Å². The monoisotopic (exact) mass is 271 g/mol. The first-order valence-electron chi connectivity index (χ1n) is 5.25. The highest BCUT2D eigenvalue weighted by Crippen LogP contribution is 2.36. The second-order valence-corrected chi connectivity index (χ2v) is 5.25. The molecule has 15 heavy (non-hydrogen) atoms. The average Bonchev–Trinajstić information content (AvgIpc) is 2.19. The molecule has 0 aromatic heterocycles. The van der Waals surface area contributed by atoms with Crippen LogP contribution in [0.2, 0.25) is 0 Å². The number of halogens is 2. The lowest BCUT2D eigenvalue weighted by Crippen LogP contribution is -2.43. The van der Waals surface area contributed by atoms with Crippen molar-refractivity contribution >= 4 is 15.9 Å². The number of nitrogens with one attached hydrogen (secondary N) is 1. The van der Waals surface area contributed by atoms with Crippen LogP contribution in [0.3, 0.4) is 0 Å². The fourth-order valence-corrected chi connectivity index (χ4v) is 2.39. The number of hydrogen-bond donors (Lipinski definition) is 1. The minimum atomic E-state index is -1.08. The van der Waals surface area contributed by atoms with Crippen molar-refractivity contribution in [3.05, 3.63) is 34.3 Å². The number of alkyl halides is 1. The number of benzene rings is 1. The van der Waals surface area contributed by atoms with Gasteiger partial charge in [-0.15, -0.1) is 0 Å². The third kappa shape index (κ3) is 2.40. The van der Waals surface area contributed by atoms with E-state index in [1.807, 2.05) is 24.3 Å². The molecule has 1 saturated heterocycles. The third-order valence-electron chi connectivity index (χ3n) is 3.14. The minimum absolute atomic E-state index is 0.0284. The molecule has 3 heteroatoms. The summed E-state index contributed by atoms with van der Waals surface area (Å²) in [5.74, 6) is -0.0284. The van der Waals surface area contributed by atoms with Gasteiger partial charge in [-0.05, 0) is 37.6 Å². The largest absolute Gasteiger partial charge is 0.316 e. The van der Waals surface area contributed by atoms with Gasteiger partial charge in [-0.25, -0.2) is 4.39 Å². The van der Waals surface area contributed by atoms with Gasteiger partial charge in [-0.3, -0.25) is 0 Å². The summed E-state index contributed by atoms with van der Waals surface area (Å²) in [5.41, 5.74) is -0.00517. The van der Waals surface area contributed by atoms with Gasteiger partial charge in [0.1, 0.15) is 5.67 Å². The zero-order valence-electron chi connectivity index (χ0n) is 8.76. The molecule has 2 unspecified atom stereocenters. The van der Waals surface area contributed by atoms with Gasteiger partial charge >= 0.3 is 0 Å². The van der Waals surface area contributed by atoms with Gasteiger partial charge in [-0.1, -0.05) is 28.1 Å². The van der Waals surface area contributed by atoms with Crippen molar-refractivity contribution in [3.63, 3.8) is 0 Å². The maximum absolute atomic E-state index is 14.3. The molecular weight excluding hydrogens is 257 g/mol. The van der Waals surface area contributed by atoms with Gasteiger partial charge in [0.05, 0.1) is 0 Å². The molecule has 1 aromatic rings. The van der Waals surface area contributed by atoms with Crippen LogP contribution in [-0.2, 0) is 0 Å². The fraction of sp³-hybridized carbons (Fsp3) is 0.500. The molecule has 1 nitrogen and oxygen atoms in total. The molecule has 1 heterocycles. The smallest absolute Gasteiger partial charge is 0.117 e. The lowest BCUT2D eigenvalue weighted by molar-refractivity contribution is 0.110. The predicted octanol–water partition coefficient (Wildman–Crippen LogP) is 3.25. The van der Waals surface area contributed by atoms with E-state index < -0.39 is 5.67 Å². The lowest BCUT2D eigenvalue weighted by Gasteiger charge is -2.35. The summed E-state index contributed by atoms with van der Waals surface area (Å²) in [6, 6.07) is 7.94. The molecule has 0 radical (unpaired) electrons. The molecule has 0 spiro atoms. The third-order valence-corrected chi connectivity index (χ3v) is 3.67. The van der Waals surface area contributed by atoms with Crippen LogP contribution in [0.1, 0.15) is 24.8 Å². The first-order chi connectivity index (χ1) is 7.09. The Kier molecular flexibility index (Phi) is 3.12. The van der Waals surface area contributed by atoms with Gasteiger partial charge in [0, 0.05) is 16.9 Å². The highest BCUT2D eigenvalue weighted by atomic mass is 79.9. The van der Waals surface area contributed by atoms with Gasteiger partial charge in [0.15, 0.2) is 0 Å². The van der Waals surface area contributed by atoms with Crippen molar-refractivity contribution in [2.24, 2.45) is 0 Å². The zero-order chi connectivity index (χ0) is 10.9. The van der Waals surface area contributed by atoms with Crippen molar-refractivity contribution in [1.82, 2.24) is 5.32 Å². The Balaban J connectivity index is 2.25. The number of piperidine rings is 1. The van der Waals surface area contributed by atoms with E-state index in [1.165, 1.54) is 0 Å². The Morgan fingerprint density at radius 1 is 1.40 bits per heavy atom. The molecule has 1 aliphatic heterocycles. The molecule has 2 rings (SSSR count). The van der Waals surface area contributed by atoms with Crippen LogP contribution in [0, 0.1) is 0 Å². The summed E-state index contributed by atoms with van der Waals surface area (Å²) >= 11 is 3.39. The van der Waals surface area contributed by atoms with E-state index in [-0.39, 0.29) is 5.92 Å². The predicted molar refractivity (Wildman–Crippen MR) is 63.9 cm³/mol. The first-order valence-corrected chi connectivity index (χ1v) is 6.04. The SMILES string of the molecule is CC1(F)CCNCC1c1ccc(Br)cc1. The molecule has 0 saturated carbocycles. The normalized spacial score (nSPS) is 31.5. The van der Waals surface area contributed by atoms with Crippen molar-refractivity contribution < 1.29 is 4.39 Å². The lowest BCUT2D eigenvalue weighted by atomic mass is 9.80. The summed E-state index contributed by atoms with van der Waals surface area (Å²) in [5, 5.41) is 3.25. The molecule has 82 valence electrons.